The number of hydrogen-bond acceptors (Lipinski definition) is 2. The fraction of sp³-hybridized carbons (Fsp3) is 1.00. The average molecular weight is 393 g/mol. The van der Waals surface area contributed by atoms with Gasteiger partial charge in [0.25, 0.3) is 0 Å². The van der Waals surface area contributed by atoms with Gasteiger partial charge in [-0.05, 0) is 30.1 Å². The lowest BCUT2D eigenvalue weighted by Crippen LogP contribution is -2.53. The van der Waals surface area contributed by atoms with Gasteiger partial charge in [0.1, 0.15) is 0 Å². The van der Waals surface area contributed by atoms with Gasteiger partial charge in [0, 0.05) is 20.0 Å². The SMILES string of the molecule is CC(C)C1(C(C)C)CC(C(C)C)(C(C)C)SS(C(C)C)(C(C)C)S1. The maximum absolute atomic E-state index is 2.50. The van der Waals surface area contributed by atoms with Crippen LogP contribution in [0.1, 0.15) is 89.5 Å². The minimum atomic E-state index is -0.793. The maximum Gasteiger partial charge on any atom is 0.0315 e. The lowest BCUT2D eigenvalue weighted by Gasteiger charge is -2.65. The van der Waals surface area contributed by atoms with E-state index < -0.39 is 8.09 Å². The van der Waals surface area contributed by atoms with E-state index in [0.29, 0.717) is 9.49 Å². The molecule has 0 amide bonds. The molecule has 0 aromatic heterocycles. The van der Waals surface area contributed by atoms with Gasteiger partial charge < -0.3 is 0 Å². The molecule has 0 atom stereocenters. The van der Waals surface area contributed by atoms with Crippen LogP contribution in [0.15, 0.2) is 0 Å². The third-order valence-corrected chi connectivity index (χ3v) is 21.6. The van der Waals surface area contributed by atoms with E-state index in [9.17, 15) is 0 Å². The molecule has 1 aliphatic rings. The Morgan fingerprint density at radius 3 is 0.958 bits per heavy atom. The summed E-state index contributed by atoms with van der Waals surface area (Å²) in [7, 11) is 4.09. The molecule has 146 valence electrons. The fourth-order valence-corrected chi connectivity index (χ4v) is 19.3. The Balaban J connectivity index is 3.68. The molecule has 1 heterocycles. The second kappa shape index (κ2) is 7.97. The van der Waals surface area contributed by atoms with Gasteiger partial charge in [-0.15, -0.1) is 8.09 Å². The average Bonchev–Trinajstić information content (AvgIpc) is 2.44. The van der Waals surface area contributed by atoms with Crippen LogP contribution in [0.3, 0.4) is 0 Å². The van der Waals surface area contributed by atoms with Gasteiger partial charge in [-0.1, -0.05) is 105 Å². The topological polar surface area (TPSA) is 0 Å². The monoisotopic (exact) mass is 392 g/mol. The molecule has 0 radical (unpaired) electrons. The first kappa shape index (κ1) is 23.1. The molecular weight excluding hydrogens is 348 g/mol. The molecule has 24 heavy (non-hydrogen) atoms. The van der Waals surface area contributed by atoms with E-state index in [1.807, 2.05) is 0 Å². The first-order valence-electron chi connectivity index (χ1n) is 10.0. The number of hydrogen-bond donors (Lipinski definition) is 0. The summed E-state index contributed by atoms with van der Waals surface area (Å²) in [5.41, 5.74) is 0. The van der Waals surface area contributed by atoms with Gasteiger partial charge in [-0.2, -0.15) is 0 Å². The van der Waals surface area contributed by atoms with E-state index in [-0.39, 0.29) is 0 Å². The molecule has 0 nitrogen and oxygen atoms in total. The van der Waals surface area contributed by atoms with Crippen molar-refractivity contribution in [3.63, 3.8) is 0 Å². The summed E-state index contributed by atoms with van der Waals surface area (Å²) in [5, 5.41) is 1.53. The molecule has 1 rings (SSSR count). The van der Waals surface area contributed by atoms with E-state index in [2.05, 4.69) is 105 Å². The van der Waals surface area contributed by atoms with Crippen LogP contribution in [0.5, 0.6) is 0 Å². The van der Waals surface area contributed by atoms with Crippen molar-refractivity contribution in [1.82, 2.24) is 0 Å². The minimum absolute atomic E-state index is 0.406. The van der Waals surface area contributed by atoms with Gasteiger partial charge in [-0.3, -0.25) is 0 Å². The normalized spacial score (nSPS) is 24.6. The van der Waals surface area contributed by atoms with E-state index in [4.69, 9.17) is 0 Å². The van der Waals surface area contributed by atoms with Crippen molar-refractivity contribution >= 4 is 29.7 Å². The minimum Gasteiger partial charge on any atom is -0.138 e. The van der Waals surface area contributed by atoms with Crippen LogP contribution >= 0.6 is 29.7 Å². The van der Waals surface area contributed by atoms with Crippen LogP contribution in [0, 0.1) is 23.7 Å². The standard InChI is InChI=1S/C21H44S3/c1-14(2)20(15(3)4)13-21(16(5)6,17(7)8)23-24(22-20,18(9)10)19(11)12/h14-19H,13H2,1-12H3. The highest BCUT2D eigenvalue weighted by Gasteiger charge is 2.59. The molecule has 0 bridgehead atoms. The lowest BCUT2D eigenvalue weighted by molar-refractivity contribution is 0.220. The van der Waals surface area contributed by atoms with E-state index in [1.54, 1.807) is 0 Å². The first-order chi connectivity index (χ1) is 10.8. The summed E-state index contributed by atoms with van der Waals surface area (Å²) in [6, 6.07) is 0. The Bertz CT molecular complexity index is 309. The zero-order valence-electron chi connectivity index (χ0n) is 18.4. The molecule has 0 aromatic carbocycles. The first-order valence-corrected chi connectivity index (χ1v) is 14.4. The summed E-state index contributed by atoms with van der Waals surface area (Å²) in [6.45, 7) is 29.9. The van der Waals surface area contributed by atoms with Gasteiger partial charge in [0.15, 0.2) is 0 Å². The van der Waals surface area contributed by atoms with Crippen molar-refractivity contribution in [1.29, 1.82) is 0 Å². The molecule has 0 spiro atoms. The van der Waals surface area contributed by atoms with E-state index in [0.717, 1.165) is 34.2 Å². The van der Waals surface area contributed by atoms with Crippen molar-refractivity contribution in [2.24, 2.45) is 23.7 Å². The van der Waals surface area contributed by atoms with Crippen molar-refractivity contribution < 1.29 is 0 Å². The molecule has 0 saturated carbocycles. The molecule has 1 aliphatic heterocycles. The van der Waals surface area contributed by atoms with Crippen LogP contribution in [0.4, 0.5) is 0 Å². The summed E-state index contributed by atoms with van der Waals surface area (Å²) in [4.78, 5) is 0. The molecule has 0 unspecified atom stereocenters. The maximum atomic E-state index is 2.50. The lowest BCUT2D eigenvalue weighted by atomic mass is 9.71. The highest BCUT2D eigenvalue weighted by molar-refractivity contribution is 9.25. The summed E-state index contributed by atoms with van der Waals surface area (Å²) in [6.07, 6.45) is 1.37. The van der Waals surface area contributed by atoms with Gasteiger partial charge in [0.05, 0.1) is 0 Å². The Labute approximate surface area is 162 Å². The van der Waals surface area contributed by atoms with Crippen molar-refractivity contribution in [2.75, 3.05) is 0 Å². The predicted octanol–water partition coefficient (Wildman–Crippen LogP) is 8.41. The highest BCUT2D eigenvalue weighted by atomic mass is 33.6. The molecule has 1 fully saturated rings. The zero-order chi connectivity index (χ0) is 19.1. The van der Waals surface area contributed by atoms with Crippen LogP contribution in [0.25, 0.3) is 0 Å². The van der Waals surface area contributed by atoms with Crippen LogP contribution < -0.4 is 0 Å². The Kier molecular flexibility index (Phi) is 7.66. The smallest absolute Gasteiger partial charge is 0.0315 e. The summed E-state index contributed by atoms with van der Waals surface area (Å²) < 4.78 is 0.813. The summed E-state index contributed by atoms with van der Waals surface area (Å²) in [5.74, 6) is 2.91. The molecule has 1 saturated heterocycles. The Hall–Kier alpha value is 1.05. The van der Waals surface area contributed by atoms with Crippen molar-refractivity contribution in [3.05, 3.63) is 0 Å². The van der Waals surface area contributed by atoms with Crippen LogP contribution in [0.2, 0.25) is 0 Å². The third kappa shape index (κ3) is 3.70. The van der Waals surface area contributed by atoms with Crippen molar-refractivity contribution in [3.8, 4) is 0 Å². The number of rotatable bonds is 6. The van der Waals surface area contributed by atoms with Gasteiger partial charge in [0.2, 0.25) is 0 Å². The molecular formula is C21H44S3. The zero-order valence-corrected chi connectivity index (χ0v) is 20.8. The predicted molar refractivity (Wildman–Crippen MR) is 122 cm³/mol. The molecule has 0 aliphatic carbocycles. The molecule has 3 heteroatoms. The Morgan fingerprint density at radius 1 is 0.542 bits per heavy atom. The van der Waals surface area contributed by atoms with Gasteiger partial charge >= 0.3 is 0 Å². The molecule has 0 aromatic rings. The Morgan fingerprint density at radius 2 is 0.792 bits per heavy atom. The summed E-state index contributed by atoms with van der Waals surface area (Å²) >= 11 is 0. The third-order valence-electron chi connectivity index (χ3n) is 6.35. The second-order valence-corrected chi connectivity index (χ2v) is 19.4. The highest BCUT2D eigenvalue weighted by Crippen LogP contribution is 2.87. The largest absolute Gasteiger partial charge is 0.138 e. The van der Waals surface area contributed by atoms with Crippen LogP contribution in [-0.2, 0) is 0 Å². The fourth-order valence-electron chi connectivity index (χ4n) is 4.46. The second-order valence-electron chi connectivity index (χ2n) is 9.56. The van der Waals surface area contributed by atoms with E-state index >= 15 is 0 Å². The van der Waals surface area contributed by atoms with Crippen LogP contribution in [-0.4, -0.2) is 20.0 Å². The quantitative estimate of drug-likeness (QED) is 0.416. The van der Waals surface area contributed by atoms with Crippen molar-refractivity contribution in [2.45, 2.75) is 109 Å². The van der Waals surface area contributed by atoms with Gasteiger partial charge in [-0.25, -0.2) is 0 Å². The van der Waals surface area contributed by atoms with E-state index in [1.165, 1.54) is 6.42 Å². The molecule has 0 N–H and O–H groups in total.